The van der Waals surface area contributed by atoms with Crippen LogP contribution in [-0.2, 0) is 28.6 Å². The van der Waals surface area contributed by atoms with E-state index in [-0.39, 0.29) is 55.5 Å². The van der Waals surface area contributed by atoms with Crippen molar-refractivity contribution >= 4 is 17.9 Å². The van der Waals surface area contributed by atoms with Crippen LogP contribution in [0.1, 0.15) is 123 Å². The summed E-state index contributed by atoms with van der Waals surface area (Å²) >= 11 is 0. The third-order valence-corrected chi connectivity index (χ3v) is 8.23. The molecule has 0 rings (SSSR count). The molecule has 54 heavy (non-hydrogen) atoms. The first-order valence-corrected chi connectivity index (χ1v) is 20.3. The van der Waals surface area contributed by atoms with E-state index in [0.29, 0.717) is 12.8 Å². The molecule has 8 nitrogen and oxygen atoms in total. The SMILES string of the molecule is CC/C=C/C/C=C/C/C=C/C/C=C/C/C=C/CCC(=O)OCC(COCCC(C(=O)[O-])[N+](C)(C)C)OC(=O)CCCCCC/C=C/C/C=C/C/C=C/CC. The van der Waals surface area contributed by atoms with Gasteiger partial charge in [0.25, 0.3) is 0 Å². The minimum atomic E-state index is -1.14. The largest absolute Gasteiger partial charge is 0.544 e. The second-order valence-corrected chi connectivity index (χ2v) is 14.1. The molecule has 0 aliphatic rings. The molecule has 0 heterocycles. The second kappa shape index (κ2) is 36.2. The van der Waals surface area contributed by atoms with Crippen molar-refractivity contribution in [1.29, 1.82) is 0 Å². The zero-order chi connectivity index (χ0) is 40.0. The van der Waals surface area contributed by atoms with E-state index in [0.717, 1.165) is 77.0 Å². The van der Waals surface area contributed by atoms with Gasteiger partial charge in [-0.25, -0.2) is 0 Å². The van der Waals surface area contributed by atoms with Gasteiger partial charge in [-0.3, -0.25) is 9.59 Å². The highest BCUT2D eigenvalue weighted by molar-refractivity contribution is 5.70. The Morgan fingerprint density at radius 1 is 0.556 bits per heavy atom. The summed E-state index contributed by atoms with van der Waals surface area (Å²) in [4.78, 5) is 36.7. The maximum Gasteiger partial charge on any atom is 0.306 e. The third-order valence-electron chi connectivity index (χ3n) is 8.23. The highest BCUT2D eigenvalue weighted by Gasteiger charge is 2.25. The Morgan fingerprint density at radius 3 is 1.50 bits per heavy atom. The van der Waals surface area contributed by atoms with Crippen LogP contribution < -0.4 is 5.11 Å². The van der Waals surface area contributed by atoms with Crippen molar-refractivity contribution in [2.45, 2.75) is 135 Å². The number of esters is 2. The Hall–Kier alpha value is -3.75. The van der Waals surface area contributed by atoms with E-state index in [1.807, 2.05) is 12.2 Å². The quantitative estimate of drug-likeness (QED) is 0.0280. The number of carboxylic acids is 1. The van der Waals surface area contributed by atoms with Crippen LogP contribution in [-0.4, -0.2) is 75.5 Å². The number of ether oxygens (including phenoxy) is 3. The van der Waals surface area contributed by atoms with Crippen molar-refractivity contribution < 1.29 is 38.2 Å². The van der Waals surface area contributed by atoms with Crippen LogP contribution in [0.15, 0.2) is 97.2 Å². The van der Waals surface area contributed by atoms with Gasteiger partial charge in [-0.1, -0.05) is 124 Å². The highest BCUT2D eigenvalue weighted by atomic mass is 16.6. The first-order chi connectivity index (χ1) is 26.1. The second-order valence-electron chi connectivity index (χ2n) is 14.1. The predicted octanol–water partition coefficient (Wildman–Crippen LogP) is 9.40. The van der Waals surface area contributed by atoms with Crippen molar-refractivity contribution in [3.63, 3.8) is 0 Å². The lowest BCUT2D eigenvalue weighted by Gasteiger charge is -2.34. The number of carboxylic acid groups (broad SMARTS) is 1. The van der Waals surface area contributed by atoms with Crippen molar-refractivity contribution in [2.75, 3.05) is 41.0 Å². The Labute approximate surface area is 328 Å². The van der Waals surface area contributed by atoms with Gasteiger partial charge in [0.2, 0.25) is 0 Å². The van der Waals surface area contributed by atoms with Gasteiger partial charge in [0.15, 0.2) is 6.10 Å². The molecule has 304 valence electrons. The number of carbonyl (C=O) groups excluding carboxylic acids is 3. The molecule has 0 amide bonds. The fraction of sp³-hybridized carbons (Fsp3) is 0.587. The van der Waals surface area contributed by atoms with Crippen molar-refractivity contribution in [2.24, 2.45) is 0 Å². The molecule has 0 spiro atoms. The number of hydrogen-bond donors (Lipinski definition) is 0. The number of likely N-dealkylation sites (N-methyl/N-ethyl adjacent to an activating group) is 1. The summed E-state index contributed by atoms with van der Waals surface area (Å²) in [5.74, 6) is -1.89. The molecule has 0 bridgehead atoms. The summed E-state index contributed by atoms with van der Waals surface area (Å²) in [5, 5.41) is 11.6. The minimum absolute atomic E-state index is 0.00165. The number of carbonyl (C=O) groups is 3. The molecular formula is C46H73NO7. The molecule has 0 radical (unpaired) electrons. The average Bonchev–Trinajstić information content (AvgIpc) is 3.12. The summed E-state index contributed by atoms with van der Waals surface area (Å²) in [5.41, 5.74) is 0. The van der Waals surface area contributed by atoms with E-state index >= 15 is 0 Å². The van der Waals surface area contributed by atoms with Crippen molar-refractivity contribution in [3.05, 3.63) is 97.2 Å². The van der Waals surface area contributed by atoms with E-state index in [2.05, 4.69) is 98.9 Å². The lowest BCUT2D eigenvalue weighted by Crippen LogP contribution is -2.55. The van der Waals surface area contributed by atoms with E-state index in [1.165, 1.54) is 0 Å². The number of unbranched alkanes of at least 4 members (excludes halogenated alkanes) is 4. The summed E-state index contributed by atoms with van der Waals surface area (Å²) in [7, 11) is 5.36. The van der Waals surface area contributed by atoms with Gasteiger partial charge in [0.05, 0.1) is 40.3 Å². The molecule has 0 N–H and O–H groups in total. The Balaban J connectivity index is 4.57. The topological polar surface area (TPSA) is 102 Å². The number of nitrogens with zero attached hydrogens (tertiary/aromatic N) is 1. The third kappa shape index (κ3) is 34.0. The predicted molar refractivity (Wildman–Crippen MR) is 221 cm³/mol. The van der Waals surface area contributed by atoms with Gasteiger partial charge >= 0.3 is 11.9 Å². The standard InChI is InChI=1S/C46H73NO7/c1-6-8-10-12-14-16-18-20-22-23-25-26-28-30-32-34-36-44(48)53-41-42(40-52-39-38-43(46(50)51)47(3,4)5)54-45(49)37-35-33-31-29-27-24-21-19-17-15-13-11-9-7-2/h8-11,14-17,20-22,24-26,30,32,42-43H,6-7,12-13,18-19,23,27-29,31,33-41H2,1-5H3/b10-8+,11-9+,16-14+,17-15+,22-20+,24-21+,26-25+,32-30+. The lowest BCUT2D eigenvalue weighted by molar-refractivity contribution is -0.889. The van der Waals surface area contributed by atoms with Gasteiger partial charge < -0.3 is 28.6 Å². The smallest absolute Gasteiger partial charge is 0.306 e. The average molecular weight is 752 g/mol. The number of quaternary nitrogens is 1. The molecule has 2 unspecified atom stereocenters. The van der Waals surface area contributed by atoms with Gasteiger partial charge in [-0.2, -0.15) is 0 Å². The van der Waals surface area contributed by atoms with Crippen molar-refractivity contribution in [3.8, 4) is 0 Å². The van der Waals surface area contributed by atoms with Crippen LogP contribution in [0.3, 0.4) is 0 Å². The van der Waals surface area contributed by atoms with Crippen LogP contribution in [0.5, 0.6) is 0 Å². The molecule has 0 fully saturated rings. The van der Waals surface area contributed by atoms with Crippen LogP contribution in [0.4, 0.5) is 0 Å². The summed E-state index contributed by atoms with van der Waals surface area (Å²) in [6.07, 6.45) is 47.3. The Kier molecular flexibility index (Phi) is 33.7. The van der Waals surface area contributed by atoms with Crippen LogP contribution >= 0.6 is 0 Å². The van der Waals surface area contributed by atoms with Crippen LogP contribution in [0.25, 0.3) is 0 Å². The fourth-order valence-corrected chi connectivity index (χ4v) is 5.13. The van der Waals surface area contributed by atoms with Gasteiger partial charge in [-0.15, -0.1) is 0 Å². The zero-order valence-electron chi connectivity index (χ0n) is 34.3. The Morgan fingerprint density at radius 2 is 1.02 bits per heavy atom. The van der Waals surface area contributed by atoms with Crippen LogP contribution in [0.2, 0.25) is 0 Å². The molecular weight excluding hydrogens is 679 g/mol. The molecule has 8 heteroatoms. The first kappa shape index (κ1) is 50.2. The van der Waals surface area contributed by atoms with E-state index < -0.39 is 18.1 Å². The first-order valence-electron chi connectivity index (χ1n) is 20.3. The van der Waals surface area contributed by atoms with Crippen molar-refractivity contribution in [1.82, 2.24) is 0 Å². The molecule has 0 saturated carbocycles. The molecule has 0 aliphatic carbocycles. The summed E-state index contributed by atoms with van der Waals surface area (Å²) < 4.78 is 17.0. The Bertz CT molecular complexity index is 1200. The summed E-state index contributed by atoms with van der Waals surface area (Å²) in [6, 6.07) is -0.745. The zero-order valence-corrected chi connectivity index (χ0v) is 34.3. The minimum Gasteiger partial charge on any atom is -0.544 e. The number of rotatable bonds is 34. The molecule has 0 aromatic carbocycles. The van der Waals surface area contributed by atoms with E-state index in [4.69, 9.17) is 14.2 Å². The van der Waals surface area contributed by atoms with E-state index in [1.54, 1.807) is 21.1 Å². The number of hydrogen-bond acceptors (Lipinski definition) is 7. The maximum absolute atomic E-state index is 12.7. The number of aliphatic carboxylic acids is 1. The van der Waals surface area contributed by atoms with Gasteiger partial charge in [-0.05, 0) is 77.0 Å². The molecule has 0 aliphatic heterocycles. The molecule has 0 saturated heterocycles. The summed E-state index contributed by atoms with van der Waals surface area (Å²) in [6.45, 7) is 4.29. The normalized spacial score (nSPS) is 14.0. The maximum atomic E-state index is 12.7. The van der Waals surface area contributed by atoms with Gasteiger partial charge in [0, 0.05) is 19.3 Å². The fourth-order valence-electron chi connectivity index (χ4n) is 5.13. The van der Waals surface area contributed by atoms with E-state index in [9.17, 15) is 19.5 Å². The monoisotopic (exact) mass is 752 g/mol. The number of allylic oxidation sites excluding steroid dienone is 16. The molecule has 0 aromatic heterocycles. The molecule has 2 atom stereocenters. The lowest BCUT2D eigenvalue weighted by atomic mass is 10.1. The van der Waals surface area contributed by atoms with Gasteiger partial charge in [0.1, 0.15) is 12.6 Å². The highest BCUT2D eigenvalue weighted by Crippen LogP contribution is 2.11. The molecule has 0 aromatic rings. The van der Waals surface area contributed by atoms with Crippen LogP contribution in [0, 0.1) is 0 Å².